The molecule has 0 unspecified atom stereocenters. The Balaban J connectivity index is 1.45. The Hall–Kier alpha value is -2.05. The Morgan fingerprint density at radius 1 is 1.12 bits per heavy atom. The Kier molecular flexibility index (Phi) is 4.40. The second-order valence-electron chi connectivity index (χ2n) is 7.08. The van der Waals surface area contributed by atoms with Crippen molar-refractivity contribution in [2.45, 2.75) is 19.1 Å². The molecule has 3 aliphatic heterocycles. The van der Waals surface area contributed by atoms with Crippen LogP contribution in [0, 0.1) is 18.8 Å². The summed E-state index contributed by atoms with van der Waals surface area (Å²) in [6.45, 7) is 4.56. The van der Waals surface area contributed by atoms with Gasteiger partial charge in [-0.25, -0.2) is 0 Å². The normalized spacial score (nSPS) is 30.1. The van der Waals surface area contributed by atoms with Gasteiger partial charge in [0.1, 0.15) is 5.92 Å². The maximum absolute atomic E-state index is 13.0. The van der Waals surface area contributed by atoms with Gasteiger partial charge in [0.05, 0.1) is 18.1 Å². The van der Waals surface area contributed by atoms with Crippen molar-refractivity contribution >= 4 is 29.2 Å². The van der Waals surface area contributed by atoms with E-state index in [4.69, 9.17) is 16.3 Å². The summed E-state index contributed by atoms with van der Waals surface area (Å²) in [6.07, 6.45) is 2.68. The van der Waals surface area contributed by atoms with E-state index in [0.29, 0.717) is 31.2 Å². The van der Waals surface area contributed by atoms with Gasteiger partial charge < -0.3 is 19.6 Å². The summed E-state index contributed by atoms with van der Waals surface area (Å²) in [5.41, 5.74) is 2.23. The van der Waals surface area contributed by atoms with E-state index in [9.17, 15) is 14.7 Å². The maximum atomic E-state index is 13.0. The summed E-state index contributed by atoms with van der Waals surface area (Å²) in [4.78, 5) is 28.6. The first-order chi connectivity index (χ1) is 12.5. The molecule has 3 aliphatic rings. The fourth-order valence-corrected chi connectivity index (χ4v) is 4.36. The molecule has 4 atom stereocenters. The van der Waals surface area contributed by atoms with Crippen molar-refractivity contribution in [3.8, 4) is 0 Å². The summed E-state index contributed by atoms with van der Waals surface area (Å²) < 4.78 is 5.63. The minimum Gasteiger partial charge on any atom is -0.481 e. The first kappa shape index (κ1) is 17.4. The number of amides is 1. The molecule has 0 saturated carbocycles. The number of carbonyl (C=O) groups excluding carboxylic acids is 1. The zero-order chi connectivity index (χ0) is 18.4. The van der Waals surface area contributed by atoms with Gasteiger partial charge >= 0.3 is 5.97 Å². The molecule has 2 saturated heterocycles. The lowest BCUT2D eigenvalue weighted by Gasteiger charge is -2.38. The molecule has 0 aliphatic carbocycles. The molecule has 7 heteroatoms. The number of aliphatic carboxylic acids is 1. The molecule has 2 fully saturated rings. The number of ether oxygens (including phenoxy) is 1. The van der Waals surface area contributed by atoms with Crippen LogP contribution < -0.4 is 4.90 Å². The molecule has 1 amide bonds. The number of rotatable bonds is 3. The Labute approximate surface area is 157 Å². The minimum absolute atomic E-state index is 0.114. The molecule has 0 radical (unpaired) electrons. The molecule has 26 heavy (non-hydrogen) atoms. The summed E-state index contributed by atoms with van der Waals surface area (Å²) >= 11 is 6.12. The zero-order valence-corrected chi connectivity index (χ0v) is 15.2. The molecule has 138 valence electrons. The fraction of sp³-hybridized carbons (Fsp3) is 0.474. The molecule has 0 aromatic heterocycles. The summed E-state index contributed by atoms with van der Waals surface area (Å²) in [5.74, 6) is -2.49. The number of benzene rings is 1. The number of hydrogen-bond donors (Lipinski definition) is 1. The van der Waals surface area contributed by atoms with Gasteiger partial charge in [-0.05, 0) is 24.6 Å². The zero-order valence-electron chi connectivity index (χ0n) is 14.5. The monoisotopic (exact) mass is 376 g/mol. The van der Waals surface area contributed by atoms with E-state index in [1.165, 1.54) is 0 Å². The van der Waals surface area contributed by atoms with E-state index < -0.39 is 30.0 Å². The molecular formula is C19H21ClN2O4. The predicted octanol–water partition coefficient (Wildman–Crippen LogP) is 1.95. The number of hydrogen-bond acceptors (Lipinski definition) is 4. The topological polar surface area (TPSA) is 70.1 Å². The predicted molar refractivity (Wildman–Crippen MR) is 97.4 cm³/mol. The van der Waals surface area contributed by atoms with Gasteiger partial charge in [-0.15, -0.1) is 0 Å². The first-order valence-electron chi connectivity index (χ1n) is 8.82. The van der Waals surface area contributed by atoms with Crippen LogP contribution in [-0.4, -0.2) is 60.3 Å². The molecule has 0 spiro atoms. The molecule has 1 aromatic carbocycles. The van der Waals surface area contributed by atoms with Crippen molar-refractivity contribution in [1.29, 1.82) is 0 Å². The third-order valence-electron chi connectivity index (χ3n) is 5.57. The minimum atomic E-state index is -0.964. The van der Waals surface area contributed by atoms with E-state index in [-0.39, 0.29) is 5.91 Å². The molecule has 2 bridgehead atoms. The van der Waals surface area contributed by atoms with Gasteiger partial charge in [0.15, 0.2) is 0 Å². The van der Waals surface area contributed by atoms with Gasteiger partial charge in [-0.2, -0.15) is 0 Å². The average Bonchev–Trinajstić information content (AvgIpc) is 3.24. The van der Waals surface area contributed by atoms with Gasteiger partial charge in [0, 0.05) is 36.9 Å². The van der Waals surface area contributed by atoms with Crippen molar-refractivity contribution in [3.05, 3.63) is 40.9 Å². The number of halogens is 1. The van der Waals surface area contributed by atoms with Crippen molar-refractivity contribution < 1.29 is 19.4 Å². The highest BCUT2D eigenvalue weighted by Crippen LogP contribution is 2.40. The van der Waals surface area contributed by atoms with Crippen LogP contribution in [0.1, 0.15) is 5.56 Å². The summed E-state index contributed by atoms with van der Waals surface area (Å²) in [6, 6.07) is 5.81. The number of piperazine rings is 1. The van der Waals surface area contributed by atoms with Crippen molar-refractivity contribution in [1.82, 2.24) is 4.90 Å². The number of aryl methyl sites for hydroxylation is 1. The smallest absolute Gasteiger partial charge is 0.310 e. The third kappa shape index (κ3) is 2.87. The third-order valence-corrected chi connectivity index (χ3v) is 5.81. The molecule has 1 aromatic rings. The van der Waals surface area contributed by atoms with Gasteiger partial charge in [-0.3, -0.25) is 9.59 Å². The lowest BCUT2D eigenvalue weighted by molar-refractivity contribution is -0.149. The number of carboxylic acids is 1. The van der Waals surface area contributed by atoms with Crippen LogP contribution in [0.15, 0.2) is 30.4 Å². The molecule has 6 nitrogen and oxygen atoms in total. The standard InChI is InChI=1S/C19H21ClN2O4/c1-11-2-3-12(20)10-13(11)21-6-8-22(9-7-21)18(23)16-14-4-5-15(26-14)17(16)19(24)25/h2-5,10,14-17H,6-9H2,1H3,(H,24,25)/t14-,15-,16-,17+/m1/s1. The second-order valence-corrected chi connectivity index (χ2v) is 7.52. The molecule has 1 N–H and O–H groups in total. The van der Waals surface area contributed by atoms with Crippen molar-refractivity contribution in [2.75, 3.05) is 31.1 Å². The van der Waals surface area contributed by atoms with E-state index >= 15 is 0 Å². The van der Waals surface area contributed by atoms with Gasteiger partial charge in [-0.1, -0.05) is 29.8 Å². The van der Waals surface area contributed by atoms with E-state index in [0.717, 1.165) is 11.3 Å². The van der Waals surface area contributed by atoms with Crippen LogP contribution in [0.2, 0.25) is 5.02 Å². The van der Waals surface area contributed by atoms with Crippen LogP contribution >= 0.6 is 11.6 Å². The van der Waals surface area contributed by atoms with Gasteiger partial charge in [0.25, 0.3) is 0 Å². The number of fused-ring (bicyclic) bond motifs is 2. The Morgan fingerprint density at radius 2 is 1.77 bits per heavy atom. The van der Waals surface area contributed by atoms with E-state index in [1.807, 2.05) is 31.2 Å². The Bertz CT molecular complexity index is 773. The van der Waals surface area contributed by atoms with Gasteiger partial charge in [0.2, 0.25) is 5.91 Å². The lowest BCUT2D eigenvalue weighted by Crippen LogP contribution is -2.53. The Morgan fingerprint density at radius 3 is 2.42 bits per heavy atom. The van der Waals surface area contributed by atoms with E-state index in [1.54, 1.807) is 11.0 Å². The lowest BCUT2D eigenvalue weighted by atomic mass is 9.82. The summed E-state index contributed by atoms with van der Waals surface area (Å²) in [5, 5.41) is 10.2. The van der Waals surface area contributed by atoms with Crippen LogP contribution in [-0.2, 0) is 14.3 Å². The van der Waals surface area contributed by atoms with Crippen LogP contribution in [0.3, 0.4) is 0 Å². The quantitative estimate of drug-likeness (QED) is 0.816. The molecule has 3 heterocycles. The maximum Gasteiger partial charge on any atom is 0.310 e. The largest absolute Gasteiger partial charge is 0.481 e. The van der Waals surface area contributed by atoms with Crippen LogP contribution in [0.5, 0.6) is 0 Å². The van der Waals surface area contributed by atoms with Crippen LogP contribution in [0.4, 0.5) is 5.69 Å². The first-order valence-corrected chi connectivity index (χ1v) is 9.20. The average molecular weight is 377 g/mol. The summed E-state index contributed by atoms with van der Waals surface area (Å²) in [7, 11) is 0. The molecular weight excluding hydrogens is 356 g/mol. The highest BCUT2D eigenvalue weighted by molar-refractivity contribution is 6.30. The SMILES string of the molecule is Cc1ccc(Cl)cc1N1CCN(C(=O)[C@H]2[C@@H](C(=O)O)[C@H]3C=C[C@H]2O3)CC1. The highest BCUT2D eigenvalue weighted by atomic mass is 35.5. The van der Waals surface area contributed by atoms with Crippen molar-refractivity contribution in [2.24, 2.45) is 11.8 Å². The number of carbonyl (C=O) groups is 2. The fourth-order valence-electron chi connectivity index (χ4n) is 4.20. The van der Waals surface area contributed by atoms with Crippen molar-refractivity contribution in [3.63, 3.8) is 0 Å². The highest BCUT2D eigenvalue weighted by Gasteiger charge is 2.54. The van der Waals surface area contributed by atoms with E-state index in [2.05, 4.69) is 4.90 Å². The number of anilines is 1. The number of carboxylic acid groups (broad SMARTS) is 1. The van der Waals surface area contributed by atoms with Crippen LogP contribution in [0.25, 0.3) is 0 Å². The second kappa shape index (κ2) is 6.59. The number of nitrogens with zero attached hydrogens (tertiary/aromatic N) is 2. The molecule has 4 rings (SSSR count).